The maximum atomic E-state index is 12.6. The van der Waals surface area contributed by atoms with Crippen LogP contribution in [-0.2, 0) is 9.53 Å². The average Bonchev–Trinajstić information content (AvgIpc) is 2.97. The number of nitrogens with zero attached hydrogens (tertiary/aromatic N) is 1. The molecule has 1 heterocycles. The Labute approximate surface area is 118 Å². The standard InChI is InChI=1S/C15H21NO4/c1-15(2,3)20-14(19)16-10(7-17)11-8-4-5-9(6-8)12(11)13(16)18/h4-5,8-12,17H,6-7H2,1-3H3/t8-,9+,10+,11+,12+/m0/s1. The van der Waals surface area contributed by atoms with E-state index in [9.17, 15) is 14.7 Å². The highest BCUT2D eigenvalue weighted by atomic mass is 16.6. The lowest BCUT2D eigenvalue weighted by atomic mass is 9.82. The summed E-state index contributed by atoms with van der Waals surface area (Å²) in [7, 11) is 0. The second-order valence-corrected chi connectivity index (χ2v) is 6.99. The molecule has 1 saturated carbocycles. The van der Waals surface area contributed by atoms with Crippen molar-refractivity contribution in [3.05, 3.63) is 12.2 Å². The van der Waals surface area contributed by atoms with Crippen LogP contribution in [0.3, 0.4) is 0 Å². The molecular formula is C15H21NO4. The number of hydrogen-bond acceptors (Lipinski definition) is 4. The third kappa shape index (κ3) is 1.87. The van der Waals surface area contributed by atoms with E-state index in [1.54, 1.807) is 20.8 Å². The van der Waals surface area contributed by atoms with Crippen LogP contribution in [0.2, 0.25) is 0 Å². The zero-order valence-corrected chi connectivity index (χ0v) is 12.1. The highest BCUT2D eigenvalue weighted by Gasteiger charge is 2.60. The molecule has 0 spiro atoms. The summed E-state index contributed by atoms with van der Waals surface area (Å²) in [4.78, 5) is 26.0. The summed E-state index contributed by atoms with van der Waals surface area (Å²) < 4.78 is 5.31. The predicted octanol–water partition coefficient (Wildman–Crippen LogP) is 1.56. The van der Waals surface area contributed by atoms with Crippen LogP contribution >= 0.6 is 0 Å². The monoisotopic (exact) mass is 279 g/mol. The summed E-state index contributed by atoms with van der Waals surface area (Å²) in [6, 6.07) is -0.442. The van der Waals surface area contributed by atoms with E-state index in [2.05, 4.69) is 12.2 Å². The second-order valence-electron chi connectivity index (χ2n) is 6.99. The summed E-state index contributed by atoms with van der Waals surface area (Å²) >= 11 is 0. The van der Waals surface area contributed by atoms with E-state index in [-0.39, 0.29) is 30.3 Å². The topological polar surface area (TPSA) is 66.8 Å². The third-order valence-corrected chi connectivity index (χ3v) is 4.60. The molecule has 20 heavy (non-hydrogen) atoms. The Morgan fingerprint density at radius 2 is 2.05 bits per heavy atom. The maximum absolute atomic E-state index is 12.6. The summed E-state index contributed by atoms with van der Waals surface area (Å²) in [6.45, 7) is 5.12. The van der Waals surface area contributed by atoms with Crippen LogP contribution in [0.4, 0.5) is 4.79 Å². The first-order chi connectivity index (χ1) is 9.33. The Bertz CT molecular complexity index is 479. The van der Waals surface area contributed by atoms with E-state index in [4.69, 9.17) is 4.74 Å². The van der Waals surface area contributed by atoms with Crippen LogP contribution in [0.5, 0.6) is 0 Å². The average molecular weight is 279 g/mol. The number of carbonyl (C=O) groups excluding carboxylic acids is 2. The molecule has 2 aliphatic carbocycles. The number of imide groups is 1. The van der Waals surface area contributed by atoms with Crippen LogP contribution in [-0.4, -0.2) is 40.3 Å². The lowest BCUT2D eigenvalue weighted by molar-refractivity contribution is -0.132. The van der Waals surface area contributed by atoms with Gasteiger partial charge in [-0.05, 0) is 39.0 Å². The molecule has 5 heteroatoms. The molecule has 5 nitrogen and oxygen atoms in total. The van der Waals surface area contributed by atoms with Gasteiger partial charge in [0.2, 0.25) is 5.91 Å². The molecule has 1 N–H and O–H groups in total. The zero-order chi connectivity index (χ0) is 14.7. The SMILES string of the molecule is CC(C)(C)OC(=O)N1C(=O)[C@H]2[C@@H]([C@H]1CO)[C@H]1C=C[C@@H]2C1. The zero-order valence-electron chi connectivity index (χ0n) is 12.1. The summed E-state index contributed by atoms with van der Waals surface area (Å²) in [6.07, 6.45) is 4.55. The third-order valence-electron chi connectivity index (χ3n) is 4.60. The van der Waals surface area contributed by atoms with Gasteiger partial charge in [0, 0.05) is 5.92 Å². The first-order valence-corrected chi connectivity index (χ1v) is 7.18. The quantitative estimate of drug-likeness (QED) is 0.740. The number of ether oxygens (including phenoxy) is 1. The minimum atomic E-state index is -0.647. The number of aliphatic hydroxyl groups excluding tert-OH is 1. The molecule has 0 radical (unpaired) electrons. The number of rotatable bonds is 1. The van der Waals surface area contributed by atoms with Crippen molar-refractivity contribution >= 4 is 12.0 Å². The van der Waals surface area contributed by atoms with Crippen molar-refractivity contribution in [2.24, 2.45) is 23.7 Å². The summed E-state index contributed by atoms with van der Waals surface area (Å²) in [5, 5.41) is 9.65. The van der Waals surface area contributed by atoms with Gasteiger partial charge in [-0.2, -0.15) is 0 Å². The summed E-state index contributed by atoms with van der Waals surface area (Å²) in [5.41, 5.74) is -0.647. The molecule has 0 aromatic rings. The van der Waals surface area contributed by atoms with Crippen molar-refractivity contribution in [1.29, 1.82) is 0 Å². The maximum Gasteiger partial charge on any atom is 0.417 e. The first-order valence-electron chi connectivity index (χ1n) is 7.18. The van der Waals surface area contributed by atoms with Gasteiger partial charge in [-0.3, -0.25) is 4.79 Å². The lowest BCUT2D eigenvalue weighted by Crippen LogP contribution is -2.46. The van der Waals surface area contributed by atoms with Crippen molar-refractivity contribution < 1.29 is 19.4 Å². The van der Waals surface area contributed by atoms with Crippen LogP contribution in [0, 0.1) is 23.7 Å². The van der Waals surface area contributed by atoms with Gasteiger partial charge < -0.3 is 9.84 Å². The smallest absolute Gasteiger partial charge is 0.417 e. The Morgan fingerprint density at radius 3 is 2.65 bits per heavy atom. The number of fused-ring (bicyclic) bond motifs is 5. The fourth-order valence-corrected chi connectivity index (χ4v) is 3.97. The molecule has 110 valence electrons. The molecule has 5 atom stereocenters. The van der Waals surface area contributed by atoms with Gasteiger partial charge in [0.15, 0.2) is 0 Å². The van der Waals surface area contributed by atoms with Crippen molar-refractivity contribution in [2.45, 2.75) is 38.8 Å². The number of likely N-dealkylation sites (tertiary alicyclic amines) is 1. The number of aliphatic hydroxyl groups is 1. The van der Waals surface area contributed by atoms with E-state index < -0.39 is 17.7 Å². The van der Waals surface area contributed by atoms with Gasteiger partial charge >= 0.3 is 6.09 Å². The molecule has 3 rings (SSSR count). The van der Waals surface area contributed by atoms with E-state index in [1.807, 2.05) is 0 Å². The van der Waals surface area contributed by atoms with Gasteiger partial charge in [0.05, 0.1) is 18.6 Å². The number of allylic oxidation sites excluding steroid dienone is 2. The van der Waals surface area contributed by atoms with E-state index in [0.29, 0.717) is 5.92 Å². The number of carbonyl (C=O) groups is 2. The molecule has 0 unspecified atom stereocenters. The normalized spacial score (nSPS) is 38.5. The van der Waals surface area contributed by atoms with E-state index in [1.165, 1.54) is 0 Å². The Kier molecular flexibility index (Phi) is 2.94. The fourth-order valence-electron chi connectivity index (χ4n) is 3.97. The minimum absolute atomic E-state index is 0.0509. The first kappa shape index (κ1) is 13.6. The molecule has 2 amide bonds. The predicted molar refractivity (Wildman–Crippen MR) is 71.7 cm³/mol. The van der Waals surface area contributed by atoms with Crippen molar-refractivity contribution in [3.63, 3.8) is 0 Å². The highest BCUT2D eigenvalue weighted by molar-refractivity contribution is 5.96. The molecule has 0 aromatic heterocycles. The molecule has 2 bridgehead atoms. The van der Waals surface area contributed by atoms with E-state index in [0.717, 1.165) is 11.3 Å². The van der Waals surface area contributed by atoms with Gasteiger partial charge in [-0.25, -0.2) is 9.69 Å². The fraction of sp³-hybridized carbons (Fsp3) is 0.733. The molecule has 1 saturated heterocycles. The highest BCUT2D eigenvalue weighted by Crippen LogP contribution is 2.54. The van der Waals surface area contributed by atoms with Crippen LogP contribution in [0.1, 0.15) is 27.2 Å². The Balaban J connectivity index is 1.86. The molecule has 1 aliphatic heterocycles. The summed E-state index contributed by atoms with van der Waals surface area (Å²) in [5.74, 6) is 0.238. The largest absolute Gasteiger partial charge is 0.443 e. The molecule has 3 aliphatic rings. The molecular weight excluding hydrogens is 258 g/mol. The van der Waals surface area contributed by atoms with Gasteiger partial charge in [-0.1, -0.05) is 12.2 Å². The van der Waals surface area contributed by atoms with Crippen molar-refractivity contribution in [2.75, 3.05) is 6.61 Å². The Morgan fingerprint density at radius 1 is 1.40 bits per heavy atom. The Hall–Kier alpha value is -1.36. The van der Waals surface area contributed by atoms with Gasteiger partial charge in [0.25, 0.3) is 0 Å². The van der Waals surface area contributed by atoms with Crippen molar-refractivity contribution in [3.8, 4) is 0 Å². The van der Waals surface area contributed by atoms with Crippen LogP contribution < -0.4 is 0 Å². The molecule has 2 fully saturated rings. The number of hydrogen-bond donors (Lipinski definition) is 1. The number of amides is 2. The van der Waals surface area contributed by atoms with E-state index >= 15 is 0 Å². The lowest BCUT2D eigenvalue weighted by Gasteiger charge is -2.29. The second kappa shape index (κ2) is 4.32. The van der Waals surface area contributed by atoms with Crippen LogP contribution in [0.25, 0.3) is 0 Å². The minimum Gasteiger partial charge on any atom is -0.443 e. The van der Waals surface area contributed by atoms with Crippen molar-refractivity contribution in [1.82, 2.24) is 4.90 Å². The van der Waals surface area contributed by atoms with Gasteiger partial charge in [0.1, 0.15) is 5.60 Å². The van der Waals surface area contributed by atoms with Crippen LogP contribution in [0.15, 0.2) is 12.2 Å². The molecule has 0 aromatic carbocycles. The van der Waals surface area contributed by atoms with Gasteiger partial charge in [-0.15, -0.1) is 0 Å².